The van der Waals surface area contributed by atoms with Gasteiger partial charge in [-0.15, -0.1) is 0 Å². The highest BCUT2D eigenvalue weighted by molar-refractivity contribution is 5.89. The molecule has 0 heterocycles. The molecule has 0 fully saturated rings. The second-order valence-corrected chi connectivity index (χ2v) is 5.76. The van der Waals surface area contributed by atoms with Crippen LogP contribution in [-0.2, 0) is 6.42 Å². The topological polar surface area (TPSA) is 37.3 Å². The monoisotopic (exact) mass is 282 g/mol. The Morgan fingerprint density at radius 1 is 1.14 bits per heavy atom. The summed E-state index contributed by atoms with van der Waals surface area (Å²) in [5.41, 5.74) is 6.35. The van der Waals surface area contributed by atoms with Crippen LogP contribution < -0.4 is 0 Å². The van der Waals surface area contributed by atoms with Crippen molar-refractivity contribution < 1.29 is 9.90 Å². The lowest BCUT2D eigenvalue weighted by atomic mass is 9.90. The van der Waals surface area contributed by atoms with Crippen LogP contribution in [0.4, 0.5) is 0 Å². The van der Waals surface area contributed by atoms with Crippen molar-refractivity contribution in [2.24, 2.45) is 0 Å². The molecule has 2 heteroatoms. The van der Waals surface area contributed by atoms with Crippen molar-refractivity contribution >= 4 is 5.97 Å². The normalized spacial score (nSPS) is 10.9. The molecule has 0 aliphatic heterocycles. The average molecular weight is 282 g/mol. The van der Waals surface area contributed by atoms with Gasteiger partial charge in [0.2, 0.25) is 0 Å². The quantitative estimate of drug-likeness (QED) is 0.852. The fourth-order valence-corrected chi connectivity index (χ4v) is 2.74. The molecule has 0 unspecified atom stereocenters. The van der Waals surface area contributed by atoms with Gasteiger partial charge >= 0.3 is 5.97 Å². The molecule has 2 aromatic rings. The zero-order valence-electron chi connectivity index (χ0n) is 13.1. The number of carboxylic acid groups (broad SMARTS) is 1. The summed E-state index contributed by atoms with van der Waals surface area (Å²) in [7, 11) is 0. The number of hydrogen-bond donors (Lipinski definition) is 1. The predicted molar refractivity (Wildman–Crippen MR) is 87.0 cm³/mol. The number of carboxylic acids is 1. The van der Waals surface area contributed by atoms with Crippen molar-refractivity contribution in [3.05, 3.63) is 58.7 Å². The minimum Gasteiger partial charge on any atom is -0.478 e. The minimum atomic E-state index is -0.881. The standard InChI is InChI=1S/C19H22O2/c1-5-14-6-7-15(11-18(14)12(2)3)17-9-8-16(19(20)21)10-13(17)4/h6-12H,5H2,1-4H3,(H,20,21). The molecule has 21 heavy (non-hydrogen) atoms. The average Bonchev–Trinajstić information content (AvgIpc) is 2.46. The van der Waals surface area contributed by atoms with Crippen molar-refractivity contribution in [3.8, 4) is 11.1 Å². The molecule has 0 aromatic heterocycles. The molecule has 0 aliphatic carbocycles. The second kappa shape index (κ2) is 6.13. The third kappa shape index (κ3) is 3.15. The molecule has 0 radical (unpaired) electrons. The van der Waals surface area contributed by atoms with E-state index in [-0.39, 0.29) is 0 Å². The zero-order valence-corrected chi connectivity index (χ0v) is 13.1. The van der Waals surface area contributed by atoms with E-state index in [0.29, 0.717) is 11.5 Å². The Balaban J connectivity index is 2.52. The first-order chi connectivity index (χ1) is 9.93. The van der Waals surface area contributed by atoms with E-state index in [1.165, 1.54) is 11.1 Å². The van der Waals surface area contributed by atoms with Crippen LogP contribution in [0, 0.1) is 6.92 Å². The third-order valence-electron chi connectivity index (χ3n) is 3.93. The molecular weight excluding hydrogens is 260 g/mol. The summed E-state index contributed by atoms with van der Waals surface area (Å²) < 4.78 is 0. The largest absolute Gasteiger partial charge is 0.478 e. The van der Waals surface area contributed by atoms with Crippen LogP contribution in [0.2, 0.25) is 0 Å². The van der Waals surface area contributed by atoms with Gasteiger partial charge < -0.3 is 5.11 Å². The van der Waals surface area contributed by atoms with Crippen molar-refractivity contribution in [3.63, 3.8) is 0 Å². The molecule has 1 N–H and O–H groups in total. The molecule has 0 amide bonds. The second-order valence-electron chi connectivity index (χ2n) is 5.76. The summed E-state index contributed by atoms with van der Waals surface area (Å²) in [6.07, 6.45) is 1.03. The molecular formula is C19H22O2. The van der Waals surface area contributed by atoms with Crippen molar-refractivity contribution in [1.82, 2.24) is 0 Å². The van der Waals surface area contributed by atoms with Crippen molar-refractivity contribution in [1.29, 1.82) is 0 Å². The Kier molecular flexibility index (Phi) is 4.46. The van der Waals surface area contributed by atoms with Gasteiger partial charge in [0, 0.05) is 0 Å². The molecule has 0 spiro atoms. The van der Waals surface area contributed by atoms with E-state index in [0.717, 1.165) is 23.1 Å². The first-order valence-electron chi connectivity index (χ1n) is 7.41. The molecule has 0 bridgehead atoms. The summed E-state index contributed by atoms with van der Waals surface area (Å²) in [6.45, 7) is 8.55. The van der Waals surface area contributed by atoms with Gasteiger partial charge in [-0.3, -0.25) is 0 Å². The van der Waals surface area contributed by atoms with Crippen LogP contribution in [0.1, 0.15) is 53.7 Å². The van der Waals surface area contributed by atoms with Gasteiger partial charge in [-0.25, -0.2) is 4.79 Å². The van der Waals surface area contributed by atoms with E-state index >= 15 is 0 Å². The fraction of sp³-hybridized carbons (Fsp3) is 0.316. The number of hydrogen-bond acceptors (Lipinski definition) is 1. The van der Waals surface area contributed by atoms with Gasteiger partial charge in [-0.1, -0.05) is 45.0 Å². The summed E-state index contributed by atoms with van der Waals surface area (Å²) in [5, 5.41) is 9.06. The van der Waals surface area contributed by atoms with Gasteiger partial charge in [0.15, 0.2) is 0 Å². The number of carbonyl (C=O) groups is 1. The van der Waals surface area contributed by atoms with Gasteiger partial charge in [-0.2, -0.15) is 0 Å². The lowest BCUT2D eigenvalue weighted by Gasteiger charge is -2.15. The van der Waals surface area contributed by atoms with Gasteiger partial charge in [0.05, 0.1) is 5.56 Å². The number of benzene rings is 2. The highest BCUT2D eigenvalue weighted by Crippen LogP contribution is 2.29. The Hall–Kier alpha value is -2.09. The van der Waals surface area contributed by atoms with E-state index < -0.39 is 5.97 Å². The van der Waals surface area contributed by atoms with Crippen LogP contribution in [0.5, 0.6) is 0 Å². The highest BCUT2D eigenvalue weighted by Gasteiger charge is 2.11. The first-order valence-corrected chi connectivity index (χ1v) is 7.41. The fourth-order valence-electron chi connectivity index (χ4n) is 2.74. The van der Waals surface area contributed by atoms with E-state index in [1.54, 1.807) is 12.1 Å². The summed E-state index contributed by atoms with van der Waals surface area (Å²) in [4.78, 5) is 11.0. The minimum absolute atomic E-state index is 0.338. The number of rotatable bonds is 4. The molecule has 0 saturated heterocycles. The van der Waals surface area contributed by atoms with Gasteiger partial charge in [0.25, 0.3) is 0 Å². The van der Waals surface area contributed by atoms with Crippen LogP contribution in [0.15, 0.2) is 36.4 Å². The van der Waals surface area contributed by atoms with Gasteiger partial charge in [0.1, 0.15) is 0 Å². The maximum Gasteiger partial charge on any atom is 0.335 e. The zero-order chi connectivity index (χ0) is 15.6. The maximum absolute atomic E-state index is 11.0. The highest BCUT2D eigenvalue weighted by atomic mass is 16.4. The number of aryl methyl sites for hydroxylation is 2. The molecule has 0 saturated carbocycles. The lowest BCUT2D eigenvalue weighted by molar-refractivity contribution is 0.0697. The Morgan fingerprint density at radius 2 is 1.86 bits per heavy atom. The van der Waals surface area contributed by atoms with Crippen molar-refractivity contribution in [2.45, 2.75) is 40.0 Å². The Bertz CT molecular complexity index is 669. The third-order valence-corrected chi connectivity index (χ3v) is 3.93. The van der Waals surface area contributed by atoms with E-state index in [2.05, 4.69) is 39.0 Å². The summed E-state index contributed by atoms with van der Waals surface area (Å²) in [5.74, 6) is -0.396. The van der Waals surface area contributed by atoms with Crippen LogP contribution in [0.3, 0.4) is 0 Å². The predicted octanol–water partition coefficient (Wildman–Crippen LogP) is 5.05. The molecule has 2 rings (SSSR count). The number of aromatic carboxylic acids is 1. The summed E-state index contributed by atoms with van der Waals surface area (Å²) >= 11 is 0. The van der Waals surface area contributed by atoms with E-state index in [9.17, 15) is 4.79 Å². The molecule has 2 nitrogen and oxygen atoms in total. The first kappa shape index (κ1) is 15.3. The SMILES string of the molecule is CCc1ccc(-c2ccc(C(=O)O)cc2C)cc1C(C)C. The van der Waals surface area contributed by atoms with Gasteiger partial charge in [-0.05, 0) is 59.2 Å². The lowest BCUT2D eigenvalue weighted by Crippen LogP contribution is -1.99. The maximum atomic E-state index is 11.0. The molecule has 110 valence electrons. The van der Waals surface area contributed by atoms with Crippen LogP contribution >= 0.6 is 0 Å². The van der Waals surface area contributed by atoms with Crippen LogP contribution in [0.25, 0.3) is 11.1 Å². The molecule has 2 aromatic carbocycles. The molecule has 0 aliphatic rings. The Morgan fingerprint density at radius 3 is 2.38 bits per heavy atom. The Labute approximate surface area is 126 Å². The summed E-state index contributed by atoms with van der Waals surface area (Å²) in [6, 6.07) is 11.9. The van der Waals surface area contributed by atoms with Crippen molar-refractivity contribution in [2.75, 3.05) is 0 Å². The van der Waals surface area contributed by atoms with E-state index in [4.69, 9.17) is 5.11 Å². The smallest absolute Gasteiger partial charge is 0.335 e. The van der Waals surface area contributed by atoms with E-state index in [1.807, 2.05) is 13.0 Å². The van der Waals surface area contributed by atoms with Crippen LogP contribution in [-0.4, -0.2) is 11.1 Å². The molecule has 0 atom stereocenters.